The van der Waals surface area contributed by atoms with Crippen molar-refractivity contribution in [1.82, 2.24) is 10.1 Å². The molecule has 1 aromatic heterocycles. The molecule has 0 saturated carbocycles. The van der Waals surface area contributed by atoms with Crippen LogP contribution in [0.5, 0.6) is 0 Å². The first-order valence-corrected chi connectivity index (χ1v) is 5.46. The minimum absolute atomic E-state index is 0.0155. The first-order valence-electron chi connectivity index (χ1n) is 5.09. The van der Waals surface area contributed by atoms with Gasteiger partial charge in [0.25, 0.3) is 5.89 Å². The van der Waals surface area contributed by atoms with E-state index in [4.69, 9.17) is 16.1 Å². The molecule has 0 spiro atoms. The van der Waals surface area contributed by atoms with E-state index in [2.05, 4.69) is 10.1 Å². The number of hydrogen-bond acceptors (Lipinski definition) is 4. The lowest BCUT2D eigenvalue weighted by Gasteiger charge is -1.98. The molecule has 0 aliphatic rings. The maximum atomic E-state index is 13.0. The number of aromatic nitrogens is 2. The van der Waals surface area contributed by atoms with Crippen LogP contribution in [0.25, 0.3) is 11.5 Å². The van der Waals surface area contributed by atoms with Crippen LogP contribution in [0.1, 0.15) is 25.3 Å². The molecule has 1 aromatic carbocycles. The summed E-state index contributed by atoms with van der Waals surface area (Å²) >= 11 is 5.65. The molecule has 0 aliphatic heterocycles. The molecule has 0 aliphatic carbocycles. The van der Waals surface area contributed by atoms with Crippen molar-refractivity contribution in [2.45, 2.75) is 19.4 Å². The van der Waals surface area contributed by atoms with Crippen LogP contribution >= 0.6 is 11.6 Å². The first kappa shape index (κ1) is 12.0. The maximum Gasteiger partial charge on any atom is 0.258 e. The van der Waals surface area contributed by atoms with E-state index in [-0.39, 0.29) is 16.7 Å². The van der Waals surface area contributed by atoms with Crippen LogP contribution in [0, 0.1) is 5.82 Å². The molecule has 17 heavy (non-hydrogen) atoms. The number of halogens is 2. The Labute approximate surface area is 102 Å². The van der Waals surface area contributed by atoms with Crippen LogP contribution in [0.2, 0.25) is 5.02 Å². The third-order valence-corrected chi connectivity index (χ3v) is 2.58. The van der Waals surface area contributed by atoms with Gasteiger partial charge in [-0.25, -0.2) is 4.39 Å². The van der Waals surface area contributed by atoms with Gasteiger partial charge in [-0.15, -0.1) is 0 Å². The van der Waals surface area contributed by atoms with Crippen LogP contribution < -0.4 is 0 Å². The normalized spacial score (nSPS) is 12.7. The fraction of sp³-hybridized carbons (Fsp3) is 0.273. The Balaban J connectivity index is 2.33. The van der Waals surface area contributed by atoms with Gasteiger partial charge in [-0.2, -0.15) is 4.98 Å². The van der Waals surface area contributed by atoms with Crippen molar-refractivity contribution in [1.29, 1.82) is 0 Å². The highest BCUT2D eigenvalue weighted by Crippen LogP contribution is 2.24. The van der Waals surface area contributed by atoms with Crippen molar-refractivity contribution in [3.8, 4) is 11.5 Å². The van der Waals surface area contributed by atoms with Crippen molar-refractivity contribution < 1.29 is 14.0 Å². The Hall–Kier alpha value is -1.46. The average Bonchev–Trinajstić information content (AvgIpc) is 2.81. The first-order chi connectivity index (χ1) is 8.11. The summed E-state index contributed by atoms with van der Waals surface area (Å²) in [5.41, 5.74) is 0.512. The zero-order valence-electron chi connectivity index (χ0n) is 9.02. The molecule has 2 aromatic rings. The molecule has 0 amide bonds. The van der Waals surface area contributed by atoms with Crippen molar-refractivity contribution in [3.63, 3.8) is 0 Å². The van der Waals surface area contributed by atoms with E-state index in [0.29, 0.717) is 12.0 Å². The van der Waals surface area contributed by atoms with E-state index in [1.54, 1.807) is 6.92 Å². The second-order valence-electron chi connectivity index (χ2n) is 3.51. The monoisotopic (exact) mass is 256 g/mol. The van der Waals surface area contributed by atoms with Gasteiger partial charge in [0, 0.05) is 5.56 Å². The van der Waals surface area contributed by atoms with Gasteiger partial charge in [0.15, 0.2) is 0 Å². The van der Waals surface area contributed by atoms with Crippen molar-refractivity contribution in [2.24, 2.45) is 0 Å². The van der Waals surface area contributed by atoms with E-state index < -0.39 is 11.9 Å². The number of rotatable bonds is 3. The highest BCUT2D eigenvalue weighted by molar-refractivity contribution is 6.31. The van der Waals surface area contributed by atoms with Crippen molar-refractivity contribution in [3.05, 3.63) is 34.9 Å². The number of aliphatic hydroxyl groups excluding tert-OH is 1. The molecule has 1 unspecified atom stereocenters. The van der Waals surface area contributed by atoms with E-state index >= 15 is 0 Å². The smallest absolute Gasteiger partial charge is 0.258 e. The second-order valence-corrected chi connectivity index (χ2v) is 3.92. The molecular weight excluding hydrogens is 247 g/mol. The Morgan fingerprint density at radius 1 is 1.53 bits per heavy atom. The lowest BCUT2D eigenvalue weighted by atomic mass is 10.2. The molecule has 0 radical (unpaired) electrons. The van der Waals surface area contributed by atoms with E-state index in [1.807, 2.05) is 0 Å². The Kier molecular flexibility index (Phi) is 3.40. The molecule has 0 saturated heterocycles. The van der Waals surface area contributed by atoms with Gasteiger partial charge in [-0.3, -0.25) is 0 Å². The van der Waals surface area contributed by atoms with Gasteiger partial charge in [-0.1, -0.05) is 23.7 Å². The zero-order chi connectivity index (χ0) is 12.4. The summed E-state index contributed by atoms with van der Waals surface area (Å²) < 4.78 is 17.9. The average molecular weight is 257 g/mol. The van der Waals surface area contributed by atoms with Crippen LogP contribution in [0.15, 0.2) is 22.7 Å². The number of benzene rings is 1. The van der Waals surface area contributed by atoms with Gasteiger partial charge in [0.2, 0.25) is 5.82 Å². The Morgan fingerprint density at radius 2 is 2.29 bits per heavy atom. The molecule has 0 bridgehead atoms. The number of aliphatic hydroxyl groups is 1. The molecule has 1 N–H and O–H groups in total. The second kappa shape index (κ2) is 4.81. The van der Waals surface area contributed by atoms with Crippen LogP contribution in [0.3, 0.4) is 0 Å². The molecule has 90 valence electrons. The molecule has 4 nitrogen and oxygen atoms in total. The van der Waals surface area contributed by atoms with E-state index in [1.165, 1.54) is 18.2 Å². The largest absolute Gasteiger partial charge is 0.385 e. The van der Waals surface area contributed by atoms with Gasteiger partial charge in [0.1, 0.15) is 11.9 Å². The molecular formula is C11H10ClFN2O2. The topological polar surface area (TPSA) is 59.2 Å². The lowest BCUT2D eigenvalue weighted by molar-refractivity contribution is 0.159. The van der Waals surface area contributed by atoms with E-state index in [0.717, 1.165) is 0 Å². The molecule has 1 atom stereocenters. The predicted molar refractivity (Wildman–Crippen MR) is 60.0 cm³/mol. The molecule has 6 heteroatoms. The van der Waals surface area contributed by atoms with Gasteiger partial charge >= 0.3 is 0 Å². The summed E-state index contributed by atoms with van der Waals surface area (Å²) in [7, 11) is 0. The highest BCUT2D eigenvalue weighted by atomic mass is 35.5. The quantitative estimate of drug-likeness (QED) is 0.917. The van der Waals surface area contributed by atoms with Crippen LogP contribution in [0.4, 0.5) is 4.39 Å². The fourth-order valence-electron chi connectivity index (χ4n) is 1.30. The van der Waals surface area contributed by atoms with Crippen LogP contribution in [-0.2, 0) is 0 Å². The zero-order valence-corrected chi connectivity index (χ0v) is 9.78. The summed E-state index contributed by atoms with van der Waals surface area (Å²) in [6, 6.07) is 4.10. The van der Waals surface area contributed by atoms with Crippen LogP contribution in [-0.4, -0.2) is 15.2 Å². The molecule has 2 rings (SSSR count). The number of hydrogen-bond donors (Lipinski definition) is 1. The predicted octanol–water partition coefficient (Wildman–Crippen LogP) is 2.97. The standard InChI is InChI=1S/C11H10ClFN2O2/c1-2-9(16)10-14-11(17-15-10)6-3-4-8(13)7(12)5-6/h3-5,9,16H,2H2,1H3. The van der Waals surface area contributed by atoms with Gasteiger partial charge in [-0.05, 0) is 24.6 Å². The minimum Gasteiger partial charge on any atom is -0.385 e. The Bertz CT molecular complexity index is 530. The molecule has 0 fully saturated rings. The van der Waals surface area contributed by atoms with Crippen molar-refractivity contribution in [2.75, 3.05) is 0 Å². The molecule has 1 heterocycles. The van der Waals surface area contributed by atoms with Crippen molar-refractivity contribution >= 4 is 11.6 Å². The Morgan fingerprint density at radius 3 is 2.94 bits per heavy atom. The summed E-state index contributed by atoms with van der Waals surface area (Å²) in [5, 5.41) is 13.1. The fourth-order valence-corrected chi connectivity index (χ4v) is 1.48. The SMILES string of the molecule is CCC(O)c1noc(-c2ccc(F)c(Cl)c2)n1. The summed E-state index contributed by atoms with van der Waals surface area (Å²) in [6.07, 6.45) is -0.271. The summed E-state index contributed by atoms with van der Waals surface area (Å²) in [4.78, 5) is 4.01. The lowest BCUT2D eigenvalue weighted by Crippen LogP contribution is -1.97. The van der Waals surface area contributed by atoms with Gasteiger partial charge in [0.05, 0.1) is 5.02 Å². The highest BCUT2D eigenvalue weighted by Gasteiger charge is 2.15. The maximum absolute atomic E-state index is 13.0. The number of nitrogens with zero attached hydrogens (tertiary/aromatic N) is 2. The summed E-state index contributed by atoms with van der Waals surface area (Å²) in [5.74, 6) is -0.0962. The third-order valence-electron chi connectivity index (χ3n) is 2.29. The minimum atomic E-state index is -0.761. The van der Waals surface area contributed by atoms with Gasteiger partial charge < -0.3 is 9.63 Å². The summed E-state index contributed by atoms with van der Waals surface area (Å²) in [6.45, 7) is 1.80. The third kappa shape index (κ3) is 2.45. The van der Waals surface area contributed by atoms with E-state index in [9.17, 15) is 9.50 Å².